The van der Waals surface area contributed by atoms with Crippen molar-refractivity contribution in [2.45, 2.75) is 19.5 Å². The van der Waals surface area contributed by atoms with Crippen molar-refractivity contribution < 1.29 is 14.6 Å². The van der Waals surface area contributed by atoms with Crippen LogP contribution in [0.2, 0.25) is 5.02 Å². The Morgan fingerprint density at radius 3 is 2.72 bits per heavy atom. The van der Waals surface area contributed by atoms with E-state index < -0.39 is 6.04 Å². The number of aliphatic hydroxyl groups is 2. The summed E-state index contributed by atoms with van der Waals surface area (Å²) in [6.07, 6.45) is 4.40. The average Bonchev–Trinajstić information content (AvgIpc) is 3.20. The first-order chi connectivity index (χ1) is 15.4. The minimum atomic E-state index is -0.601. The van der Waals surface area contributed by atoms with E-state index in [0.717, 1.165) is 5.56 Å². The van der Waals surface area contributed by atoms with E-state index >= 15 is 0 Å². The van der Waals surface area contributed by atoms with Crippen LogP contribution < -0.4 is 10.9 Å². The summed E-state index contributed by atoms with van der Waals surface area (Å²) in [5.41, 5.74) is 1.91. The van der Waals surface area contributed by atoms with Gasteiger partial charge in [0.2, 0.25) is 0 Å². The van der Waals surface area contributed by atoms with Crippen molar-refractivity contribution in [2.75, 3.05) is 18.5 Å². The van der Waals surface area contributed by atoms with Gasteiger partial charge in [0.1, 0.15) is 11.6 Å². The zero-order valence-electron chi connectivity index (χ0n) is 17.2. The highest BCUT2D eigenvalue weighted by atomic mass is 35.5. The number of rotatable bonds is 7. The molecule has 0 aliphatic heterocycles. The van der Waals surface area contributed by atoms with Crippen molar-refractivity contribution in [3.05, 3.63) is 81.2 Å². The lowest BCUT2D eigenvalue weighted by molar-refractivity contribution is 0.203. The maximum atomic E-state index is 14.3. The molecular weight excluding hydrogens is 437 g/mol. The van der Waals surface area contributed by atoms with Crippen LogP contribution in [0.4, 0.5) is 10.2 Å². The molecule has 3 N–H and O–H groups in total. The summed E-state index contributed by atoms with van der Waals surface area (Å²) < 4.78 is 17.2. The highest BCUT2D eigenvalue weighted by molar-refractivity contribution is 6.32. The lowest BCUT2D eigenvalue weighted by Crippen LogP contribution is -2.28. The van der Waals surface area contributed by atoms with Crippen molar-refractivity contribution in [1.29, 1.82) is 0 Å². The van der Waals surface area contributed by atoms with E-state index in [4.69, 9.17) is 11.6 Å². The Morgan fingerprint density at radius 1 is 1.22 bits per heavy atom. The average molecular weight is 458 g/mol. The summed E-state index contributed by atoms with van der Waals surface area (Å²) in [4.78, 5) is 17.3. The van der Waals surface area contributed by atoms with E-state index in [2.05, 4.69) is 15.4 Å². The fraction of sp³-hybridized carbons (Fsp3) is 0.227. The third kappa shape index (κ3) is 4.10. The molecule has 0 saturated carbocycles. The maximum Gasteiger partial charge on any atom is 0.266 e. The zero-order chi connectivity index (χ0) is 22.8. The number of benzene rings is 1. The van der Waals surface area contributed by atoms with Gasteiger partial charge in [-0.1, -0.05) is 23.7 Å². The molecule has 1 aromatic carbocycles. The highest BCUT2D eigenvalue weighted by Crippen LogP contribution is 2.23. The van der Waals surface area contributed by atoms with Gasteiger partial charge in [-0.3, -0.25) is 14.0 Å². The fourth-order valence-electron chi connectivity index (χ4n) is 3.46. The number of pyridine rings is 2. The topological polar surface area (TPSA) is 105 Å². The molecule has 0 radical (unpaired) electrons. The number of hydrogen-bond acceptors (Lipinski definition) is 6. The van der Waals surface area contributed by atoms with Gasteiger partial charge < -0.3 is 15.5 Å². The molecule has 10 heteroatoms. The van der Waals surface area contributed by atoms with Gasteiger partial charge in [-0.15, -0.1) is 0 Å². The first-order valence-corrected chi connectivity index (χ1v) is 10.3. The van der Waals surface area contributed by atoms with Gasteiger partial charge in [0.15, 0.2) is 0 Å². The maximum absolute atomic E-state index is 14.3. The van der Waals surface area contributed by atoms with Crippen LogP contribution in [0.25, 0.3) is 16.6 Å². The summed E-state index contributed by atoms with van der Waals surface area (Å²) in [7, 11) is 0. The number of nitrogens with zero attached hydrogens (tertiary/aromatic N) is 4. The SMILES string of the molecule is Cc1cccc(F)c1Cn1ncc2c(=O)n(-c3cc(NC(CO)CO)ncc3Cl)ccc21. The van der Waals surface area contributed by atoms with Crippen LogP contribution in [0.15, 0.2) is 53.7 Å². The van der Waals surface area contributed by atoms with Crippen LogP contribution in [-0.2, 0) is 6.54 Å². The second-order valence-corrected chi connectivity index (χ2v) is 7.76. The Kier molecular flexibility index (Phi) is 6.22. The number of anilines is 1. The molecule has 0 unspecified atom stereocenters. The van der Waals surface area contributed by atoms with Gasteiger partial charge in [0.25, 0.3) is 5.56 Å². The third-order valence-electron chi connectivity index (χ3n) is 5.26. The second kappa shape index (κ2) is 9.07. The number of aryl methyl sites for hydroxylation is 1. The number of hydrogen-bond donors (Lipinski definition) is 3. The van der Waals surface area contributed by atoms with Gasteiger partial charge >= 0.3 is 0 Å². The predicted octanol–water partition coefficient (Wildman–Crippen LogP) is 2.50. The largest absolute Gasteiger partial charge is 0.394 e. The molecule has 32 heavy (non-hydrogen) atoms. The van der Waals surface area contributed by atoms with Crippen LogP contribution in [-0.4, -0.2) is 48.8 Å². The molecule has 0 saturated heterocycles. The van der Waals surface area contributed by atoms with Gasteiger partial charge in [-0.2, -0.15) is 5.10 Å². The van der Waals surface area contributed by atoms with Crippen LogP contribution in [0, 0.1) is 12.7 Å². The van der Waals surface area contributed by atoms with Crippen molar-refractivity contribution in [3.8, 4) is 5.69 Å². The number of halogens is 2. The van der Waals surface area contributed by atoms with Crippen LogP contribution in [0.5, 0.6) is 0 Å². The molecule has 0 aliphatic rings. The molecule has 3 heterocycles. The Balaban J connectivity index is 1.74. The predicted molar refractivity (Wildman–Crippen MR) is 120 cm³/mol. The molecule has 0 fully saturated rings. The van der Waals surface area contributed by atoms with Crippen molar-refractivity contribution in [3.63, 3.8) is 0 Å². The summed E-state index contributed by atoms with van der Waals surface area (Å²) >= 11 is 6.29. The third-order valence-corrected chi connectivity index (χ3v) is 5.55. The van der Waals surface area contributed by atoms with E-state index in [1.807, 2.05) is 13.0 Å². The van der Waals surface area contributed by atoms with Crippen molar-refractivity contribution in [1.82, 2.24) is 19.3 Å². The van der Waals surface area contributed by atoms with Crippen LogP contribution in [0.3, 0.4) is 0 Å². The summed E-state index contributed by atoms with van der Waals surface area (Å²) in [6, 6.07) is 7.55. The molecule has 0 aliphatic carbocycles. The molecule has 3 aromatic heterocycles. The quantitative estimate of drug-likeness (QED) is 0.394. The minimum absolute atomic E-state index is 0.194. The van der Waals surface area contributed by atoms with Gasteiger partial charge in [0, 0.05) is 17.8 Å². The fourth-order valence-corrected chi connectivity index (χ4v) is 3.65. The molecule has 8 nitrogen and oxygen atoms in total. The summed E-state index contributed by atoms with van der Waals surface area (Å²) in [6.45, 7) is 1.44. The van der Waals surface area contributed by atoms with Crippen LogP contribution >= 0.6 is 11.6 Å². The van der Waals surface area contributed by atoms with Crippen molar-refractivity contribution >= 4 is 28.3 Å². The Morgan fingerprint density at radius 2 is 2.00 bits per heavy atom. The van der Waals surface area contributed by atoms with Gasteiger partial charge in [0.05, 0.1) is 59.8 Å². The number of aromatic nitrogens is 4. The highest BCUT2D eigenvalue weighted by Gasteiger charge is 2.15. The summed E-state index contributed by atoms with van der Waals surface area (Å²) in [5.74, 6) is 0.0184. The molecule has 166 valence electrons. The Hall–Kier alpha value is -3.27. The molecule has 0 bridgehead atoms. The normalized spacial score (nSPS) is 11.4. The zero-order valence-corrected chi connectivity index (χ0v) is 17.9. The van der Waals surface area contributed by atoms with E-state index in [9.17, 15) is 19.4 Å². The van der Waals surface area contributed by atoms with E-state index in [0.29, 0.717) is 28.0 Å². The number of aliphatic hydroxyl groups excluding tert-OH is 2. The van der Waals surface area contributed by atoms with E-state index in [1.165, 1.54) is 23.0 Å². The smallest absolute Gasteiger partial charge is 0.266 e. The second-order valence-electron chi connectivity index (χ2n) is 7.35. The lowest BCUT2D eigenvalue weighted by atomic mass is 10.1. The molecule has 4 aromatic rings. The lowest BCUT2D eigenvalue weighted by Gasteiger charge is -2.16. The monoisotopic (exact) mass is 457 g/mol. The molecule has 0 amide bonds. The van der Waals surface area contributed by atoms with Gasteiger partial charge in [-0.25, -0.2) is 9.37 Å². The molecular formula is C22H21ClFN5O3. The first-order valence-electron chi connectivity index (χ1n) is 9.88. The Labute approximate surface area is 187 Å². The minimum Gasteiger partial charge on any atom is -0.394 e. The molecule has 0 atom stereocenters. The first kappa shape index (κ1) is 21.9. The van der Waals surface area contributed by atoms with Crippen LogP contribution in [0.1, 0.15) is 11.1 Å². The van der Waals surface area contributed by atoms with Gasteiger partial charge in [-0.05, 0) is 24.6 Å². The standard InChI is InChI=1S/C22H21ClFN5O3/c1-13-3-2-4-18(24)16(13)10-29-19-5-6-28(22(32)15(19)8-26-29)20-7-21(25-9-17(20)23)27-14(11-30)12-31/h2-9,14,30-31H,10-12H2,1H3,(H,25,27). The summed E-state index contributed by atoms with van der Waals surface area (Å²) in [5, 5.41) is 26.3. The Bertz CT molecular complexity index is 1310. The van der Waals surface area contributed by atoms with Crippen molar-refractivity contribution in [2.24, 2.45) is 0 Å². The molecule has 4 rings (SSSR count). The number of nitrogens with one attached hydrogen (secondary N) is 1. The molecule has 0 spiro atoms. The number of fused-ring (bicyclic) bond motifs is 1. The van der Waals surface area contributed by atoms with E-state index in [-0.39, 0.29) is 36.2 Å². The van der Waals surface area contributed by atoms with E-state index in [1.54, 1.807) is 29.1 Å².